The Morgan fingerprint density at radius 3 is 2.41 bits per heavy atom. The zero-order valence-corrected chi connectivity index (χ0v) is 15.4. The van der Waals surface area contributed by atoms with Crippen LogP contribution in [0.25, 0.3) is 0 Å². The molecule has 0 aromatic heterocycles. The van der Waals surface area contributed by atoms with Crippen LogP contribution < -0.4 is 10.2 Å². The van der Waals surface area contributed by atoms with Gasteiger partial charge in [0.1, 0.15) is 12.4 Å². The first-order valence-corrected chi connectivity index (χ1v) is 8.90. The Labute approximate surface area is 163 Å². The number of amides is 1. The number of rotatable bonds is 7. The van der Waals surface area contributed by atoms with E-state index in [1.807, 2.05) is 66.7 Å². The lowest BCUT2D eigenvalue weighted by atomic mass is 10.1. The second kappa shape index (κ2) is 9.55. The molecule has 0 aliphatic heterocycles. The third-order valence-electron chi connectivity index (χ3n) is 3.83. The van der Waals surface area contributed by atoms with Crippen molar-refractivity contribution in [3.8, 4) is 5.75 Å². The first-order valence-electron chi connectivity index (χ1n) is 8.53. The number of ether oxygens (including phenoxy) is 1. The lowest BCUT2D eigenvalue weighted by Crippen LogP contribution is -2.19. The van der Waals surface area contributed by atoms with Crippen molar-refractivity contribution in [2.24, 2.45) is 5.10 Å². The number of benzene rings is 3. The summed E-state index contributed by atoms with van der Waals surface area (Å²) in [6.07, 6.45) is 1.82. The van der Waals surface area contributed by atoms with Crippen LogP contribution in [0.1, 0.15) is 16.7 Å². The van der Waals surface area contributed by atoms with Crippen LogP contribution in [-0.2, 0) is 17.8 Å². The Balaban J connectivity index is 1.56. The Bertz CT molecular complexity index is 909. The normalized spacial score (nSPS) is 10.7. The van der Waals surface area contributed by atoms with Gasteiger partial charge in [-0.3, -0.25) is 4.79 Å². The van der Waals surface area contributed by atoms with Gasteiger partial charge in [-0.2, -0.15) is 5.10 Å². The van der Waals surface area contributed by atoms with Crippen molar-refractivity contribution in [2.45, 2.75) is 13.0 Å². The molecule has 3 aromatic carbocycles. The van der Waals surface area contributed by atoms with Crippen molar-refractivity contribution in [1.29, 1.82) is 0 Å². The average Bonchev–Trinajstić information content (AvgIpc) is 2.70. The van der Waals surface area contributed by atoms with E-state index in [0.29, 0.717) is 17.4 Å². The van der Waals surface area contributed by atoms with Crippen molar-refractivity contribution in [2.75, 3.05) is 0 Å². The van der Waals surface area contributed by atoms with Gasteiger partial charge < -0.3 is 4.74 Å². The maximum absolute atomic E-state index is 12.0. The fraction of sp³-hybridized carbons (Fsp3) is 0.0909. The van der Waals surface area contributed by atoms with Crippen LogP contribution in [0.3, 0.4) is 0 Å². The summed E-state index contributed by atoms with van der Waals surface area (Å²) < 4.78 is 5.87. The average molecular weight is 379 g/mol. The van der Waals surface area contributed by atoms with Gasteiger partial charge in [-0.1, -0.05) is 66.2 Å². The molecule has 0 spiro atoms. The molecule has 0 bridgehead atoms. The molecular weight excluding hydrogens is 360 g/mol. The number of carbonyl (C=O) groups is 1. The Hall–Kier alpha value is -3.11. The molecule has 0 saturated heterocycles. The summed E-state index contributed by atoms with van der Waals surface area (Å²) in [6.45, 7) is 0.467. The molecule has 4 nitrogen and oxygen atoms in total. The van der Waals surface area contributed by atoms with Gasteiger partial charge in [0.05, 0.1) is 12.6 Å². The maximum atomic E-state index is 12.0. The molecule has 3 aromatic rings. The molecule has 3 rings (SSSR count). The van der Waals surface area contributed by atoms with Gasteiger partial charge in [0.25, 0.3) is 0 Å². The highest BCUT2D eigenvalue weighted by atomic mass is 35.5. The lowest BCUT2D eigenvalue weighted by Gasteiger charge is -2.09. The van der Waals surface area contributed by atoms with Gasteiger partial charge in [-0.15, -0.1) is 0 Å². The molecular formula is C22H19ClN2O2. The van der Waals surface area contributed by atoms with E-state index in [2.05, 4.69) is 10.5 Å². The van der Waals surface area contributed by atoms with E-state index < -0.39 is 0 Å². The summed E-state index contributed by atoms with van der Waals surface area (Å²) in [7, 11) is 0. The summed E-state index contributed by atoms with van der Waals surface area (Å²) in [4.78, 5) is 12.0. The Morgan fingerprint density at radius 2 is 1.63 bits per heavy atom. The van der Waals surface area contributed by atoms with Crippen molar-refractivity contribution in [3.05, 3.63) is 101 Å². The van der Waals surface area contributed by atoms with Gasteiger partial charge in [0, 0.05) is 10.6 Å². The zero-order valence-electron chi connectivity index (χ0n) is 14.6. The summed E-state index contributed by atoms with van der Waals surface area (Å²) in [6, 6.07) is 24.6. The highest BCUT2D eigenvalue weighted by Gasteiger charge is 2.04. The Kier molecular flexibility index (Phi) is 6.61. The monoisotopic (exact) mass is 378 g/mol. The molecule has 0 atom stereocenters. The van der Waals surface area contributed by atoms with Gasteiger partial charge in [0.2, 0.25) is 5.91 Å². The fourth-order valence-electron chi connectivity index (χ4n) is 2.45. The number of nitrogens with one attached hydrogen (secondary N) is 1. The molecule has 0 heterocycles. The summed E-state index contributed by atoms with van der Waals surface area (Å²) in [5.74, 6) is 0.508. The lowest BCUT2D eigenvalue weighted by molar-refractivity contribution is -0.120. The number of halogens is 1. The molecule has 0 saturated carbocycles. The predicted molar refractivity (Wildman–Crippen MR) is 108 cm³/mol. The third-order valence-corrected chi connectivity index (χ3v) is 4.08. The van der Waals surface area contributed by atoms with Crippen LogP contribution in [-0.4, -0.2) is 12.1 Å². The molecule has 27 heavy (non-hydrogen) atoms. The number of hydrogen-bond acceptors (Lipinski definition) is 3. The first-order chi connectivity index (χ1) is 13.2. The van der Waals surface area contributed by atoms with Crippen LogP contribution in [0.5, 0.6) is 5.75 Å². The standard InChI is InChI=1S/C22H19ClN2O2/c23-20-12-10-17(11-13-20)14-22(26)25-24-15-19-8-4-5-9-21(19)27-16-18-6-2-1-3-7-18/h1-13,15H,14,16H2,(H,25,26). The van der Waals surface area contributed by atoms with E-state index in [1.165, 1.54) is 0 Å². The highest BCUT2D eigenvalue weighted by Crippen LogP contribution is 2.17. The quantitative estimate of drug-likeness (QED) is 0.482. The van der Waals surface area contributed by atoms with Gasteiger partial charge >= 0.3 is 0 Å². The van der Waals surface area contributed by atoms with E-state index in [0.717, 1.165) is 16.7 Å². The van der Waals surface area contributed by atoms with Crippen LogP contribution in [0.4, 0.5) is 0 Å². The number of nitrogens with zero attached hydrogens (tertiary/aromatic N) is 1. The van der Waals surface area contributed by atoms with Crippen LogP contribution in [0, 0.1) is 0 Å². The van der Waals surface area contributed by atoms with Gasteiger partial charge in [-0.05, 0) is 35.4 Å². The molecule has 1 N–H and O–H groups in total. The number of hydrogen-bond donors (Lipinski definition) is 1. The summed E-state index contributed by atoms with van der Waals surface area (Å²) in [5.41, 5.74) is 5.29. The molecule has 1 amide bonds. The molecule has 0 aliphatic carbocycles. The van der Waals surface area contributed by atoms with Crippen LogP contribution in [0.15, 0.2) is 84.0 Å². The number of hydrazone groups is 1. The zero-order chi connectivity index (χ0) is 18.9. The maximum Gasteiger partial charge on any atom is 0.244 e. The minimum Gasteiger partial charge on any atom is -0.488 e. The van der Waals surface area contributed by atoms with E-state index in [4.69, 9.17) is 16.3 Å². The van der Waals surface area contributed by atoms with Crippen molar-refractivity contribution in [1.82, 2.24) is 5.43 Å². The molecule has 0 unspecified atom stereocenters. The van der Waals surface area contributed by atoms with E-state index in [-0.39, 0.29) is 12.3 Å². The molecule has 136 valence electrons. The number of carbonyl (C=O) groups excluding carboxylic acids is 1. The molecule has 0 radical (unpaired) electrons. The second-order valence-electron chi connectivity index (χ2n) is 5.91. The minimum atomic E-state index is -0.198. The summed E-state index contributed by atoms with van der Waals surface area (Å²) >= 11 is 5.84. The van der Waals surface area contributed by atoms with Gasteiger partial charge in [0.15, 0.2) is 0 Å². The second-order valence-corrected chi connectivity index (χ2v) is 6.34. The number of para-hydroxylation sites is 1. The van der Waals surface area contributed by atoms with Crippen molar-refractivity contribution in [3.63, 3.8) is 0 Å². The molecule has 0 fully saturated rings. The van der Waals surface area contributed by atoms with Crippen molar-refractivity contribution < 1.29 is 9.53 Å². The minimum absolute atomic E-state index is 0.198. The highest BCUT2D eigenvalue weighted by molar-refractivity contribution is 6.30. The summed E-state index contributed by atoms with van der Waals surface area (Å²) in [5, 5.41) is 4.68. The van der Waals surface area contributed by atoms with E-state index >= 15 is 0 Å². The predicted octanol–water partition coefficient (Wildman–Crippen LogP) is 4.61. The Morgan fingerprint density at radius 1 is 0.926 bits per heavy atom. The largest absolute Gasteiger partial charge is 0.488 e. The first kappa shape index (κ1) is 18.7. The molecule has 5 heteroatoms. The third kappa shape index (κ3) is 5.97. The SMILES string of the molecule is O=C(Cc1ccc(Cl)cc1)NN=Cc1ccccc1OCc1ccccc1. The van der Waals surface area contributed by atoms with E-state index in [1.54, 1.807) is 18.3 Å². The smallest absolute Gasteiger partial charge is 0.244 e. The fourth-order valence-corrected chi connectivity index (χ4v) is 2.58. The van der Waals surface area contributed by atoms with Gasteiger partial charge in [-0.25, -0.2) is 5.43 Å². The topological polar surface area (TPSA) is 50.7 Å². The molecule has 0 aliphatic rings. The van der Waals surface area contributed by atoms with Crippen molar-refractivity contribution >= 4 is 23.7 Å². The van der Waals surface area contributed by atoms with Crippen LogP contribution in [0.2, 0.25) is 5.02 Å². The van der Waals surface area contributed by atoms with Crippen LogP contribution >= 0.6 is 11.6 Å². The van der Waals surface area contributed by atoms with E-state index in [9.17, 15) is 4.79 Å².